The maximum Gasteiger partial charge on any atom is 0.151 e. The fourth-order valence-electron chi connectivity index (χ4n) is 2.89. The first-order chi connectivity index (χ1) is 11.6. The topological polar surface area (TPSA) is 49.2 Å². The predicted molar refractivity (Wildman–Crippen MR) is 94.6 cm³/mol. The van der Waals surface area contributed by atoms with E-state index in [1.54, 1.807) is 18.2 Å². The number of aryl methyl sites for hydroxylation is 1. The van der Waals surface area contributed by atoms with Crippen LogP contribution in [0.1, 0.15) is 37.9 Å². The van der Waals surface area contributed by atoms with E-state index >= 15 is 0 Å². The van der Waals surface area contributed by atoms with E-state index < -0.39 is 5.60 Å². The highest BCUT2D eigenvalue weighted by atomic mass is 19.1. The van der Waals surface area contributed by atoms with Crippen LogP contribution in [0.5, 0.6) is 0 Å². The Morgan fingerprint density at radius 2 is 1.75 bits per heavy atom. The van der Waals surface area contributed by atoms with Crippen molar-refractivity contribution in [3.05, 3.63) is 53.5 Å². The molecule has 130 valence electrons. The minimum Gasteiger partial charge on any atom is -0.389 e. The molecule has 4 nitrogen and oxygen atoms in total. The molecular formula is C19H26FN3O. The van der Waals surface area contributed by atoms with Crippen molar-refractivity contribution in [1.29, 1.82) is 0 Å². The van der Waals surface area contributed by atoms with E-state index in [1.807, 2.05) is 32.9 Å². The van der Waals surface area contributed by atoms with E-state index in [1.165, 1.54) is 6.07 Å². The number of aromatic nitrogens is 2. The van der Waals surface area contributed by atoms with Crippen LogP contribution in [0.3, 0.4) is 0 Å². The summed E-state index contributed by atoms with van der Waals surface area (Å²) in [6.45, 7) is 7.30. The molecule has 1 saturated heterocycles. The molecule has 0 radical (unpaired) electrons. The van der Waals surface area contributed by atoms with Crippen molar-refractivity contribution in [3.8, 4) is 0 Å². The zero-order chi connectivity index (χ0) is 17.6. The number of anilines is 1. The summed E-state index contributed by atoms with van der Waals surface area (Å²) in [5, 5.41) is 19.0. The average Bonchev–Trinajstić information content (AvgIpc) is 2.60. The average molecular weight is 331 g/mol. The van der Waals surface area contributed by atoms with Crippen LogP contribution in [0.25, 0.3) is 0 Å². The van der Waals surface area contributed by atoms with Crippen molar-refractivity contribution in [1.82, 2.24) is 10.2 Å². The molecule has 24 heavy (non-hydrogen) atoms. The Balaban J connectivity index is 0.00000100. The first-order valence-corrected chi connectivity index (χ1v) is 8.57. The molecule has 0 amide bonds. The van der Waals surface area contributed by atoms with Gasteiger partial charge >= 0.3 is 0 Å². The highest BCUT2D eigenvalue weighted by Gasteiger charge is 2.33. The highest BCUT2D eigenvalue weighted by molar-refractivity contribution is 5.38. The molecule has 0 unspecified atom stereocenters. The smallest absolute Gasteiger partial charge is 0.151 e. The number of aliphatic hydroxyl groups is 1. The van der Waals surface area contributed by atoms with Crippen molar-refractivity contribution < 1.29 is 9.50 Å². The minimum atomic E-state index is -0.850. The molecule has 1 aliphatic heterocycles. The maximum absolute atomic E-state index is 13.8. The third-order valence-electron chi connectivity index (χ3n) is 4.28. The van der Waals surface area contributed by atoms with Gasteiger partial charge in [0.15, 0.2) is 5.82 Å². The second kappa shape index (κ2) is 8.20. The van der Waals surface area contributed by atoms with Gasteiger partial charge in [-0.15, -0.1) is 5.10 Å². The first kappa shape index (κ1) is 18.3. The Labute approximate surface area is 143 Å². The summed E-state index contributed by atoms with van der Waals surface area (Å²) in [5.41, 5.74) is 0.613. The lowest BCUT2D eigenvalue weighted by atomic mass is 9.85. The van der Waals surface area contributed by atoms with Gasteiger partial charge in [0.2, 0.25) is 0 Å². The number of hydrogen-bond acceptors (Lipinski definition) is 4. The van der Waals surface area contributed by atoms with Gasteiger partial charge < -0.3 is 10.0 Å². The van der Waals surface area contributed by atoms with Gasteiger partial charge in [0.25, 0.3) is 0 Å². The lowest BCUT2D eigenvalue weighted by molar-refractivity contribution is 0.0156. The Bertz CT molecular complexity index is 637. The predicted octanol–water partition coefficient (Wildman–Crippen LogP) is 3.52. The SMILES string of the molecule is CC.Cc1ccc(N2CCC(O)(Cc3ccccc3F)CC2)nn1. The molecular weight excluding hydrogens is 305 g/mol. The van der Waals surface area contributed by atoms with Crippen molar-refractivity contribution >= 4 is 5.82 Å². The summed E-state index contributed by atoms with van der Waals surface area (Å²) >= 11 is 0. The van der Waals surface area contributed by atoms with Gasteiger partial charge in [-0.25, -0.2) is 4.39 Å². The van der Waals surface area contributed by atoms with Crippen molar-refractivity contribution in [2.24, 2.45) is 0 Å². The second-order valence-corrected chi connectivity index (χ2v) is 6.01. The van der Waals surface area contributed by atoms with Gasteiger partial charge in [-0.05, 0) is 43.5 Å². The first-order valence-electron chi connectivity index (χ1n) is 8.57. The molecule has 0 saturated carbocycles. The van der Waals surface area contributed by atoms with Crippen LogP contribution in [0.2, 0.25) is 0 Å². The molecule has 0 aliphatic carbocycles. The molecule has 2 aromatic rings. The number of halogens is 1. The number of nitrogens with zero attached hydrogens (tertiary/aromatic N) is 3. The molecule has 2 heterocycles. The van der Waals surface area contributed by atoms with Crippen LogP contribution in [0.15, 0.2) is 36.4 Å². The van der Waals surface area contributed by atoms with Crippen molar-refractivity contribution in [2.45, 2.75) is 45.6 Å². The van der Waals surface area contributed by atoms with Crippen molar-refractivity contribution in [3.63, 3.8) is 0 Å². The maximum atomic E-state index is 13.8. The Morgan fingerprint density at radius 3 is 2.33 bits per heavy atom. The van der Waals surface area contributed by atoms with E-state index in [4.69, 9.17) is 0 Å². The number of rotatable bonds is 3. The molecule has 0 bridgehead atoms. The quantitative estimate of drug-likeness (QED) is 0.935. The fourth-order valence-corrected chi connectivity index (χ4v) is 2.89. The Hall–Kier alpha value is -2.01. The number of piperidine rings is 1. The van der Waals surface area contributed by atoms with Gasteiger partial charge in [-0.3, -0.25) is 0 Å². The van der Waals surface area contributed by atoms with E-state index in [0.717, 1.165) is 11.5 Å². The third-order valence-corrected chi connectivity index (χ3v) is 4.28. The van der Waals surface area contributed by atoms with E-state index in [9.17, 15) is 9.50 Å². The van der Waals surface area contributed by atoms with Crippen LogP contribution in [0, 0.1) is 12.7 Å². The summed E-state index contributed by atoms with van der Waals surface area (Å²) in [6.07, 6.45) is 1.54. The van der Waals surface area contributed by atoms with Crippen LogP contribution >= 0.6 is 0 Å². The zero-order valence-electron chi connectivity index (χ0n) is 14.7. The van der Waals surface area contributed by atoms with Crippen LogP contribution in [-0.2, 0) is 6.42 Å². The third kappa shape index (κ3) is 4.51. The second-order valence-electron chi connectivity index (χ2n) is 6.01. The number of benzene rings is 1. The monoisotopic (exact) mass is 331 g/mol. The normalized spacial score (nSPS) is 16.3. The number of hydrogen-bond donors (Lipinski definition) is 1. The van der Waals surface area contributed by atoms with Gasteiger partial charge in [0, 0.05) is 19.5 Å². The summed E-state index contributed by atoms with van der Waals surface area (Å²) in [5.74, 6) is 0.585. The molecule has 1 aromatic heterocycles. The van der Waals surface area contributed by atoms with Crippen molar-refractivity contribution in [2.75, 3.05) is 18.0 Å². The van der Waals surface area contributed by atoms with E-state index in [0.29, 0.717) is 37.9 Å². The summed E-state index contributed by atoms with van der Waals surface area (Å²) in [7, 11) is 0. The molecule has 5 heteroatoms. The molecule has 0 atom stereocenters. The van der Waals surface area contributed by atoms with E-state index in [2.05, 4.69) is 15.1 Å². The molecule has 1 N–H and O–H groups in total. The van der Waals surface area contributed by atoms with Crippen LogP contribution in [-0.4, -0.2) is 34.0 Å². The molecule has 0 spiro atoms. The highest BCUT2D eigenvalue weighted by Crippen LogP contribution is 2.29. The summed E-state index contributed by atoms with van der Waals surface area (Å²) in [6, 6.07) is 10.5. The lowest BCUT2D eigenvalue weighted by Crippen LogP contribution is -2.46. The zero-order valence-corrected chi connectivity index (χ0v) is 14.7. The standard InChI is InChI=1S/C17H20FN3O.C2H6/c1-13-6-7-16(20-19-13)21-10-8-17(22,9-11-21)12-14-4-2-3-5-15(14)18;1-2/h2-7,22H,8-12H2,1H3;1-2H3. The summed E-state index contributed by atoms with van der Waals surface area (Å²) in [4.78, 5) is 2.11. The van der Waals surface area contributed by atoms with Gasteiger partial charge in [0.1, 0.15) is 5.82 Å². The lowest BCUT2D eigenvalue weighted by Gasteiger charge is -2.38. The Morgan fingerprint density at radius 1 is 1.08 bits per heavy atom. The largest absolute Gasteiger partial charge is 0.389 e. The van der Waals surface area contributed by atoms with Gasteiger partial charge in [0.05, 0.1) is 11.3 Å². The van der Waals surface area contributed by atoms with Crippen LogP contribution < -0.4 is 4.90 Å². The van der Waals surface area contributed by atoms with Gasteiger partial charge in [-0.2, -0.15) is 5.10 Å². The molecule has 1 aliphatic rings. The minimum absolute atomic E-state index is 0.247. The molecule has 3 rings (SSSR count). The van der Waals surface area contributed by atoms with Crippen LogP contribution in [0.4, 0.5) is 10.2 Å². The Kier molecular flexibility index (Phi) is 6.26. The molecule has 1 fully saturated rings. The summed E-state index contributed by atoms with van der Waals surface area (Å²) < 4.78 is 13.8. The molecule has 1 aromatic carbocycles. The van der Waals surface area contributed by atoms with E-state index in [-0.39, 0.29) is 5.82 Å². The fraction of sp³-hybridized carbons (Fsp3) is 0.474. The van der Waals surface area contributed by atoms with Gasteiger partial charge in [-0.1, -0.05) is 32.0 Å².